The maximum Gasteiger partial charge on any atom is 0.270 e. The van der Waals surface area contributed by atoms with Gasteiger partial charge in [0.05, 0.1) is 27.5 Å². The number of carbonyl (C=O) groups excluding carboxylic acids is 2. The highest BCUT2D eigenvalue weighted by atomic mass is 127. The van der Waals surface area contributed by atoms with Crippen LogP contribution in [0.2, 0.25) is 5.02 Å². The predicted molar refractivity (Wildman–Crippen MR) is 129 cm³/mol. The SMILES string of the molecule is COc1cc(/C=C2\C(=O)NC(=S)N(c3ccccc3Cl)C2=O)cc(I)c1OC(C)C. The summed E-state index contributed by atoms with van der Waals surface area (Å²) in [5.74, 6) is -0.0312. The third-order valence-corrected chi connectivity index (χ3v) is 5.52. The third kappa shape index (κ3) is 4.60. The van der Waals surface area contributed by atoms with Gasteiger partial charge in [0.2, 0.25) is 0 Å². The van der Waals surface area contributed by atoms with E-state index in [0.717, 1.165) is 3.57 Å². The van der Waals surface area contributed by atoms with E-state index >= 15 is 0 Å². The van der Waals surface area contributed by atoms with E-state index in [0.29, 0.717) is 27.8 Å². The lowest BCUT2D eigenvalue weighted by Gasteiger charge is -2.29. The van der Waals surface area contributed by atoms with Gasteiger partial charge in [-0.15, -0.1) is 0 Å². The summed E-state index contributed by atoms with van der Waals surface area (Å²) in [5, 5.41) is 2.87. The average Bonchev–Trinajstić information content (AvgIpc) is 2.68. The van der Waals surface area contributed by atoms with Gasteiger partial charge in [0, 0.05) is 0 Å². The van der Waals surface area contributed by atoms with Crippen LogP contribution < -0.4 is 19.7 Å². The van der Waals surface area contributed by atoms with Crippen molar-refractivity contribution in [2.75, 3.05) is 12.0 Å². The number of nitrogens with one attached hydrogen (secondary N) is 1. The van der Waals surface area contributed by atoms with Crippen LogP contribution in [0, 0.1) is 3.57 Å². The molecule has 2 amide bonds. The number of anilines is 1. The second-order valence-corrected chi connectivity index (χ2v) is 8.57. The van der Waals surface area contributed by atoms with Crippen molar-refractivity contribution in [1.82, 2.24) is 5.32 Å². The fraction of sp³-hybridized carbons (Fsp3) is 0.190. The molecule has 9 heteroatoms. The number of para-hydroxylation sites is 1. The molecule has 1 fully saturated rings. The fourth-order valence-corrected chi connectivity index (χ4v) is 4.10. The number of ether oxygens (including phenoxy) is 2. The van der Waals surface area contributed by atoms with Crippen LogP contribution in [0.1, 0.15) is 19.4 Å². The largest absolute Gasteiger partial charge is 0.493 e. The Morgan fingerprint density at radius 2 is 1.93 bits per heavy atom. The van der Waals surface area contributed by atoms with E-state index in [9.17, 15) is 9.59 Å². The molecule has 0 bridgehead atoms. The van der Waals surface area contributed by atoms with Crippen molar-refractivity contribution in [1.29, 1.82) is 0 Å². The van der Waals surface area contributed by atoms with E-state index in [1.54, 1.807) is 36.4 Å². The highest BCUT2D eigenvalue weighted by molar-refractivity contribution is 14.1. The molecule has 3 rings (SSSR count). The molecule has 156 valence electrons. The zero-order valence-electron chi connectivity index (χ0n) is 16.4. The lowest BCUT2D eigenvalue weighted by atomic mass is 10.1. The summed E-state index contributed by atoms with van der Waals surface area (Å²) in [6, 6.07) is 10.3. The minimum absolute atomic E-state index is 0.0249. The monoisotopic (exact) mass is 556 g/mol. The quantitative estimate of drug-likeness (QED) is 0.253. The minimum Gasteiger partial charge on any atom is -0.493 e. The van der Waals surface area contributed by atoms with Crippen LogP contribution in [0.15, 0.2) is 42.0 Å². The minimum atomic E-state index is -0.579. The number of rotatable bonds is 5. The summed E-state index contributed by atoms with van der Waals surface area (Å²) in [7, 11) is 1.53. The van der Waals surface area contributed by atoms with Crippen LogP contribution in [0.4, 0.5) is 5.69 Å². The molecule has 1 saturated heterocycles. The topological polar surface area (TPSA) is 67.9 Å². The van der Waals surface area contributed by atoms with Gasteiger partial charge in [-0.3, -0.25) is 19.8 Å². The standard InChI is InChI=1S/C21H18ClIN2O4S/c1-11(2)29-18-15(23)9-12(10-17(18)28-3)8-13-19(26)24-21(30)25(20(13)27)16-7-5-4-6-14(16)22/h4-11H,1-3H3,(H,24,26,30)/b13-8+. The van der Waals surface area contributed by atoms with Crippen LogP contribution >= 0.6 is 46.4 Å². The Bertz CT molecular complexity index is 1070. The summed E-state index contributed by atoms with van der Waals surface area (Å²) in [4.78, 5) is 26.9. The first kappa shape index (κ1) is 22.5. The maximum absolute atomic E-state index is 13.1. The Kier molecular flexibility index (Phi) is 6.99. The highest BCUT2D eigenvalue weighted by Crippen LogP contribution is 2.36. The van der Waals surface area contributed by atoms with Crippen molar-refractivity contribution in [3.63, 3.8) is 0 Å². The lowest BCUT2D eigenvalue weighted by molar-refractivity contribution is -0.122. The Hall–Kier alpha value is -2.17. The molecule has 2 aromatic rings. The van der Waals surface area contributed by atoms with Gasteiger partial charge in [-0.05, 0) is 84.6 Å². The number of methoxy groups -OCH3 is 1. The second kappa shape index (κ2) is 9.32. The summed E-state index contributed by atoms with van der Waals surface area (Å²) in [6.45, 7) is 3.84. The van der Waals surface area contributed by atoms with Crippen LogP contribution in [-0.4, -0.2) is 30.1 Å². The van der Waals surface area contributed by atoms with Crippen LogP contribution in [0.5, 0.6) is 11.5 Å². The molecule has 0 unspecified atom stereocenters. The Morgan fingerprint density at radius 1 is 1.23 bits per heavy atom. The molecule has 0 aromatic heterocycles. The van der Waals surface area contributed by atoms with Gasteiger partial charge in [-0.25, -0.2) is 0 Å². The average molecular weight is 557 g/mol. The molecule has 0 atom stereocenters. The molecule has 1 aliphatic heterocycles. The smallest absolute Gasteiger partial charge is 0.270 e. The summed E-state index contributed by atoms with van der Waals surface area (Å²) in [5.41, 5.74) is 0.935. The van der Waals surface area contributed by atoms with Gasteiger partial charge in [-0.2, -0.15) is 0 Å². The zero-order valence-corrected chi connectivity index (χ0v) is 20.1. The molecular formula is C21H18ClIN2O4S. The van der Waals surface area contributed by atoms with Gasteiger partial charge in [0.25, 0.3) is 11.8 Å². The Morgan fingerprint density at radius 3 is 2.57 bits per heavy atom. The number of benzene rings is 2. The zero-order chi connectivity index (χ0) is 22.0. The molecule has 6 nitrogen and oxygen atoms in total. The Labute approximate surface area is 198 Å². The number of amides is 2. The molecular weight excluding hydrogens is 539 g/mol. The van der Waals surface area contributed by atoms with E-state index in [2.05, 4.69) is 27.9 Å². The van der Waals surface area contributed by atoms with Gasteiger partial charge in [0.15, 0.2) is 16.6 Å². The number of halogens is 2. The van der Waals surface area contributed by atoms with Crippen molar-refractivity contribution in [3.05, 3.63) is 56.1 Å². The van der Waals surface area contributed by atoms with E-state index in [4.69, 9.17) is 33.3 Å². The van der Waals surface area contributed by atoms with Crippen LogP contribution in [0.3, 0.4) is 0 Å². The van der Waals surface area contributed by atoms with Crippen molar-refractivity contribution in [2.45, 2.75) is 20.0 Å². The summed E-state index contributed by atoms with van der Waals surface area (Å²) < 4.78 is 12.0. The highest BCUT2D eigenvalue weighted by Gasteiger charge is 2.35. The Balaban J connectivity index is 2.05. The van der Waals surface area contributed by atoms with E-state index in [1.807, 2.05) is 13.8 Å². The molecule has 1 N–H and O–H groups in total. The molecule has 2 aromatic carbocycles. The third-order valence-electron chi connectivity index (χ3n) is 4.11. The molecule has 0 aliphatic carbocycles. The van der Waals surface area contributed by atoms with Crippen molar-refractivity contribution >= 4 is 75.1 Å². The van der Waals surface area contributed by atoms with Crippen molar-refractivity contribution in [3.8, 4) is 11.5 Å². The number of thiocarbonyl (C=S) groups is 1. The van der Waals surface area contributed by atoms with Gasteiger partial charge in [-0.1, -0.05) is 23.7 Å². The van der Waals surface area contributed by atoms with Crippen molar-refractivity contribution in [2.24, 2.45) is 0 Å². The molecule has 1 heterocycles. The maximum atomic E-state index is 13.1. The molecule has 0 saturated carbocycles. The molecule has 0 spiro atoms. The van der Waals surface area contributed by atoms with Gasteiger partial charge in [0.1, 0.15) is 5.57 Å². The first-order valence-electron chi connectivity index (χ1n) is 8.93. The normalized spacial score (nSPS) is 15.6. The predicted octanol–water partition coefficient (Wildman–Crippen LogP) is 4.57. The summed E-state index contributed by atoms with van der Waals surface area (Å²) >= 11 is 13.6. The van der Waals surface area contributed by atoms with Crippen molar-refractivity contribution < 1.29 is 19.1 Å². The number of nitrogens with zero attached hydrogens (tertiary/aromatic N) is 1. The van der Waals surface area contributed by atoms with E-state index in [1.165, 1.54) is 18.1 Å². The molecule has 1 aliphatic rings. The van der Waals surface area contributed by atoms with E-state index in [-0.39, 0.29) is 16.8 Å². The lowest BCUT2D eigenvalue weighted by Crippen LogP contribution is -2.54. The first-order valence-corrected chi connectivity index (χ1v) is 10.8. The van der Waals surface area contributed by atoms with Gasteiger partial charge >= 0.3 is 0 Å². The van der Waals surface area contributed by atoms with Crippen LogP contribution in [-0.2, 0) is 9.59 Å². The second-order valence-electron chi connectivity index (χ2n) is 6.61. The number of carbonyl (C=O) groups is 2. The molecule has 0 radical (unpaired) electrons. The van der Waals surface area contributed by atoms with E-state index < -0.39 is 11.8 Å². The molecule has 30 heavy (non-hydrogen) atoms. The fourth-order valence-electron chi connectivity index (χ4n) is 2.85. The number of hydrogen-bond donors (Lipinski definition) is 1. The van der Waals surface area contributed by atoms with Gasteiger partial charge < -0.3 is 9.47 Å². The summed E-state index contributed by atoms with van der Waals surface area (Å²) in [6.07, 6.45) is 1.46. The first-order chi connectivity index (χ1) is 14.2. The number of hydrogen-bond acceptors (Lipinski definition) is 5. The van der Waals surface area contributed by atoms with Crippen LogP contribution in [0.25, 0.3) is 6.08 Å².